The summed E-state index contributed by atoms with van der Waals surface area (Å²) in [7, 11) is 0. The molecule has 1 atom stereocenters. The van der Waals surface area contributed by atoms with Crippen molar-refractivity contribution in [2.45, 2.75) is 25.8 Å². The van der Waals surface area contributed by atoms with E-state index in [0.717, 1.165) is 5.69 Å². The third-order valence-electron chi connectivity index (χ3n) is 4.13. The molecule has 1 aliphatic rings. The fourth-order valence-corrected chi connectivity index (χ4v) is 3.48. The quantitative estimate of drug-likeness (QED) is 0.906. The second kappa shape index (κ2) is 7.04. The fraction of sp³-hybridized carbons (Fsp3) is 0.438. The number of amides is 2. The molecule has 1 fully saturated rings. The van der Waals surface area contributed by atoms with Crippen LogP contribution in [0.5, 0.6) is 0 Å². The van der Waals surface area contributed by atoms with Gasteiger partial charge in [-0.15, -0.1) is 11.3 Å². The number of aryl methyl sites for hydroxylation is 1. The predicted molar refractivity (Wildman–Crippen MR) is 90.6 cm³/mol. The molecule has 2 aromatic heterocycles. The van der Waals surface area contributed by atoms with Crippen molar-refractivity contribution in [2.24, 2.45) is 0 Å². The van der Waals surface area contributed by atoms with Gasteiger partial charge < -0.3 is 20.0 Å². The number of hydrogen-bond donors (Lipinski definition) is 1. The molecule has 7 nitrogen and oxygen atoms in total. The van der Waals surface area contributed by atoms with E-state index in [1.165, 1.54) is 17.6 Å². The van der Waals surface area contributed by atoms with E-state index < -0.39 is 0 Å². The van der Waals surface area contributed by atoms with Crippen LogP contribution in [-0.2, 0) is 11.2 Å². The Balaban J connectivity index is 1.53. The van der Waals surface area contributed by atoms with Crippen molar-refractivity contribution in [3.63, 3.8) is 0 Å². The van der Waals surface area contributed by atoms with Gasteiger partial charge in [0.05, 0.1) is 12.0 Å². The fourth-order valence-electron chi connectivity index (χ4n) is 2.88. The van der Waals surface area contributed by atoms with Crippen LogP contribution in [-0.4, -0.2) is 52.3 Å². The summed E-state index contributed by atoms with van der Waals surface area (Å²) in [6.07, 6.45) is 2.48. The Morgan fingerprint density at radius 3 is 2.92 bits per heavy atom. The number of nitrogen functional groups attached to an aromatic ring is 1. The Hall–Kier alpha value is -2.35. The van der Waals surface area contributed by atoms with Gasteiger partial charge in [0.25, 0.3) is 5.91 Å². The molecular formula is C16H20N4O3S. The lowest BCUT2D eigenvalue weighted by molar-refractivity contribution is -0.135. The number of anilines is 1. The van der Waals surface area contributed by atoms with E-state index in [2.05, 4.69) is 4.98 Å². The van der Waals surface area contributed by atoms with Crippen molar-refractivity contribution >= 4 is 28.3 Å². The summed E-state index contributed by atoms with van der Waals surface area (Å²) in [5.74, 6) is 0.291. The largest absolute Gasteiger partial charge is 0.459 e. The number of aromatic nitrogens is 1. The molecule has 0 aliphatic carbocycles. The zero-order chi connectivity index (χ0) is 17.1. The van der Waals surface area contributed by atoms with E-state index in [0.29, 0.717) is 43.4 Å². The summed E-state index contributed by atoms with van der Waals surface area (Å²) in [6.45, 7) is 3.51. The maximum Gasteiger partial charge on any atom is 0.289 e. The molecule has 3 rings (SSSR count). The second-order valence-electron chi connectivity index (χ2n) is 5.84. The number of nitrogens with zero attached hydrogens (tertiary/aromatic N) is 3. The Kier molecular flexibility index (Phi) is 4.84. The van der Waals surface area contributed by atoms with Crippen molar-refractivity contribution in [1.82, 2.24) is 14.8 Å². The Morgan fingerprint density at radius 2 is 2.29 bits per heavy atom. The minimum Gasteiger partial charge on any atom is -0.459 e. The van der Waals surface area contributed by atoms with Gasteiger partial charge in [-0.05, 0) is 25.5 Å². The van der Waals surface area contributed by atoms with Gasteiger partial charge in [0, 0.05) is 37.5 Å². The van der Waals surface area contributed by atoms with Crippen LogP contribution in [0.15, 0.2) is 28.2 Å². The normalized spacial score (nSPS) is 18.0. The van der Waals surface area contributed by atoms with E-state index in [1.54, 1.807) is 17.0 Å². The van der Waals surface area contributed by atoms with Crippen LogP contribution in [0.1, 0.15) is 29.6 Å². The second-order valence-corrected chi connectivity index (χ2v) is 6.73. The van der Waals surface area contributed by atoms with E-state index in [4.69, 9.17) is 10.2 Å². The van der Waals surface area contributed by atoms with E-state index in [1.807, 2.05) is 17.2 Å². The molecule has 3 heterocycles. The number of nitrogens with two attached hydrogens (primary N) is 1. The van der Waals surface area contributed by atoms with Crippen LogP contribution in [0.25, 0.3) is 0 Å². The zero-order valence-corrected chi connectivity index (χ0v) is 14.3. The van der Waals surface area contributed by atoms with E-state index in [-0.39, 0.29) is 17.9 Å². The number of furan rings is 1. The van der Waals surface area contributed by atoms with E-state index in [9.17, 15) is 9.59 Å². The van der Waals surface area contributed by atoms with Gasteiger partial charge in [-0.2, -0.15) is 0 Å². The first-order chi connectivity index (χ1) is 11.5. The lowest BCUT2D eigenvalue weighted by Gasteiger charge is -2.39. The zero-order valence-electron chi connectivity index (χ0n) is 13.5. The molecule has 0 saturated carbocycles. The third-order valence-corrected chi connectivity index (χ3v) is 4.85. The van der Waals surface area contributed by atoms with Gasteiger partial charge in [-0.25, -0.2) is 4.98 Å². The standard InChI is InChI=1S/C16H20N4O3S/c1-11-9-19(15(22)13-3-2-8-23-13)6-7-20(11)14(21)5-4-12-10-24-16(17)18-12/h2-3,8,10-11H,4-7,9H2,1H3,(H2,17,18). The molecule has 8 heteroatoms. The minimum absolute atomic E-state index is 0.0225. The van der Waals surface area contributed by atoms with Crippen molar-refractivity contribution in [3.8, 4) is 0 Å². The maximum atomic E-state index is 12.4. The molecule has 0 bridgehead atoms. The van der Waals surface area contributed by atoms with Gasteiger partial charge in [0.1, 0.15) is 0 Å². The Labute approximate surface area is 144 Å². The van der Waals surface area contributed by atoms with Gasteiger partial charge in [-0.3, -0.25) is 9.59 Å². The van der Waals surface area contributed by atoms with Crippen molar-refractivity contribution in [1.29, 1.82) is 0 Å². The molecule has 2 N–H and O–H groups in total. The van der Waals surface area contributed by atoms with Gasteiger partial charge in [0.15, 0.2) is 10.9 Å². The number of carbonyl (C=O) groups excluding carboxylic acids is 2. The average molecular weight is 348 g/mol. The summed E-state index contributed by atoms with van der Waals surface area (Å²) in [4.78, 5) is 32.5. The molecule has 1 unspecified atom stereocenters. The molecule has 1 saturated heterocycles. The topological polar surface area (TPSA) is 92.7 Å². The first-order valence-electron chi connectivity index (χ1n) is 7.86. The van der Waals surface area contributed by atoms with Gasteiger partial charge >= 0.3 is 0 Å². The summed E-state index contributed by atoms with van der Waals surface area (Å²) in [6, 6.07) is 3.33. The van der Waals surface area contributed by atoms with Crippen LogP contribution in [0.3, 0.4) is 0 Å². The maximum absolute atomic E-state index is 12.4. The van der Waals surface area contributed by atoms with E-state index >= 15 is 0 Å². The average Bonchev–Trinajstić information content (AvgIpc) is 3.23. The highest BCUT2D eigenvalue weighted by Crippen LogP contribution is 2.17. The molecule has 0 spiro atoms. The third kappa shape index (κ3) is 3.59. The molecule has 24 heavy (non-hydrogen) atoms. The van der Waals surface area contributed by atoms with Crippen LogP contribution in [0, 0.1) is 0 Å². The first kappa shape index (κ1) is 16.5. The summed E-state index contributed by atoms with van der Waals surface area (Å²) in [5.41, 5.74) is 6.45. The van der Waals surface area contributed by atoms with Crippen molar-refractivity contribution < 1.29 is 14.0 Å². The molecule has 2 aromatic rings. The summed E-state index contributed by atoms with van der Waals surface area (Å²) in [5, 5.41) is 2.40. The Bertz CT molecular complexity index is 713. The summed E-state index contributed by atoms with van der Waals surface area (Å²) < 4.78 is 5.16. The number of rotatable bonds is 4. The highest BCUT2D eigenvalue weighted by Gasteiger charge is 2.30. The Morgan fingerprint density at radius 1 is 1.46 bits per heavy atom. The summed E-state index contributed by atoms with van der Waals surface area (Å²) >= 11 is 1.38. The molecule has 1 aliphatic heterocycles. The van der Waals surface area contributed by atoms with Gasteiger partial charge in [0.2, 0.25) is 5.91 Å². The lowest BCUT2D eigenvalue weighted by Crippen LogP contribution is -2.55. The highest BCUT2D eigenvalue weighted by molar-refractivity contribution is 7.13. The SMILES string of the molecule is CC1CN(C(=O)c2ccco2)CCN1C(=O)CCc1csc(N)n1. The number of thiazole rings is 1. The predicted octanol–water partition coefficient (Wildman–Crippen LogP) is 1.62. The van der Waals surface area contributed by atoms with Crippen molar-refractivity contribution in [2.75, 3.05) is 25.4 Å². The molecule has 128 valence electrons. The molecule has 2 amide bonds. The minimum atomic E-state index is -0.128. The van der Waals surface area contributed by atoms with Gasteiger partial charge in [-0.1, -0.05) is 0 Å². The number of piperazine rings is 1. The van der Waals surface area contributed by atoms with Crippen LogP contribution in [0.2, 0.25) is 0 Å². The first-order valence-corrected chi connectivity index (χ1v) is 8.74. The van der Waals surface area contributed by atoms with Crippen LogP contribution < -0.4 is 5.73 Å². The molecule has 0 aromatic carbocycles. The number of hydrogen-bond acceptors (Lipinski definition) is 6. The van der Waals surface area contributed by atoms with Crippen LogP contribution in [0.4, 0.5) is 5.13 Å². The van der Waals surface area contributed by atoms with Crippen LogP contribution >= 0.6 is 11.3 Å². The molecular weight excluding hydrogens is 328 g/mol. The smallest absolute Gasteiger partial charge is 0.289 e. The number of carbonyl (C=O) groups is 2. The van der Waals surface area contributed by atoms with Crippen molar-refractivity contribution in [3.05, 3.63) is 35.2 Å². The highest BCUT2D eigenvalue weighted by atomic mass is 32.1. The molecule has 0 radical (unpaired) electrons. The lowest BCUT2D eigenvalue weighted by atomic mass is 10.1. The monoisotopic (exact) mass is 348 g/mol.